The van der Waals surface area contributed by atoms with Gasteiger partial charge in [-0.1, -0.05) is 59.3 Å². The van der Waals surface area contributed by atoms with Gasteiger partial charge in [-0.3, -0.25) is 29.0 Å². The minimum atomic E-state index is -1.35. The van der Waals surface area contributed by atoms with Crippen molar-refractivity contribution in [3.05, 3.63) is 164 Å². The summed E-state index contributed by atoms with van der Waals surface area (Å²) >= 11 is 0. The van der Waals surface area contributed by atoms with Crippen LogP contribution < -0.4 is 53.8 Å². The van der Waals surface area contributed by atoms with Crippen molar-refractivity contribution < 1.29 is 48.2 Å². The average Bonchev–Trinajstić information content (AvgIpc) is 1.18. The third kappa shape index (κ3) is 21.2. The van der Waals surface area contributed by atoms with E-state index in [1.54, 1.807) is 82.9 Å². The Bertz CT molecular complexity index is 5450. The van der Waals surface area contributed by atoms with E-state index in [0.29, 0.717) is 72.7 Å². The first-order chi connectivity index (χ1) is 54.8. The van der Waals surface area contributed by atoms with Crippen molar-refractivity contribution >= 4 is 73.3 Å². The maximum absolute atomic E-state index is 12.5. The molecular weight excluding hydrogens is 1470 g/mol. The van der Waals surface area contributed by atoms with Gasteiger partial charge in [0.05, 0.1) is 150 Å². The molecule has 2 aliphatic heterocycles. The highest BCUT2D eigenvalue weighted by Gasteiger charge is 2.39. The van der Waals surface area contributed by atoms with Gasteiger partial charge in [-0.2, -0.15) is 15.3 Å². The van der Waals surface area contributed by atoms with Crippen molar-refractivity contribution in [3.8, 4) is 92.0 Å². The zero-order valence-corrected chi connectivity index (χ0v) is 67.2. The fraction of sp³-hybridized carbons (Fsp3) is 0.364. The van der Waals surface area contributed by atoms with Gasteiger partial charge in [0, 0.05) is 190 Å². The van der Waals surface area contributed by atoms with E-state index in [2.05, 4.69) is 102 Å². The van der Waals surface area contributed by atoms with Gasteiger partial charge >= 0.3 is 6.09 Å². The highest BCUT2D eigenvalue weighted by Crippen LogP contribution is 2.39. The number of nitrogens with one attached hydrogen (secondary N) is 2. The Kier molecular flexibility index (Phi) is 28.1. The Morgan fingerprint density at radius 3 is 1.36 bits per heavy atom. The van der Waals surface area contributed by atoms with E-state index < -0.39 is 22.9 Å². The van der Waals surface area contributed by atoms with Crippen LogP contribution in [-0.4, -0.2) is 198 Å². The number of ether oxygens (including phenoxy) is 7. The molecule has 0 radical (unpaired) electrons. The quantitative estimate of drug-likeness (QED) is 0.0459. The molecule has 1 amide bonds. The van der Waals surface area contributed by atoms with Crippen LogP contribution in [0.2, 0.25) is 0 Å². The van der Waals surface area contributed by atoms with Gasteiger partial charge in [-0.15, -0.1) is 0 Å². The van der Waals surface area contributed by atoms with E-state index in [4.69, 9.17) is 48.1 Å². The smallest absolute Gasteiger partial charge is 0.410 e. The highest BCUT2D eigenvalue weighted by molar-refractivity contribution is 5.86. The number of benzene rings is 6. The SMILES string of the molecule is C.C.CCc1c(-c2cnc3ccc(N(CCNC(C)C)c4cc(OC)cc(OC)c4)cc3n2)cnn1C.COc1cc(OC)cc(N(CC#CC2(O)CCN(C(=O)OC(C)(C)C)C2)c2ccc3ncc(-c4cnn(C)c4)nc3c2)c1.COc1cc(OC)cc(N(CC#CC2(O)CCNC2)c2ccc3ncc(-c4cnn(C)c4)nc3c2)c1. The minimum Gasteiger partial charge on any atom is -0.497 e. The number of fused-ring (bicyclic) bond motifs is 3. The average molecular weight is 1580 g/mol. The lowest BCUT2D eigenvalue weighted by molar-refractivity contribution is 0.0238. The molecular formula is C88H106N18O10. The van der Waals surface area contributed by atoms with Crippen LogP contribution in [0.5, 0.6) is 34.5 Å². The van der Waals surface area contributed by atoms with E-state index in [0.717, 1.165) is 133 Å². The van der Waals surface area contributed by atoms with Crippen molar-refractivity contribution in [1.29, 1.82) is 0 Å². The molecule has 608 valence electrons. The number of nitrogens with zero attached hydrogens (tertiary/aromatic N) is 16. The molecule has 0 bridgehead atoms. The Balaban J connectivity index is 0.000000183. The molecule has 2 aliphatic rings. The van der Waals surface area contributed by atoms with E-state index in [1.807, 2.05) is 172 Å². The molecule has 12 aromatic rings. The summed E-state index contributed by atoms with van der Waals surface area (Å²) in [5.74, 6) is 16.5. The zero-order valence-electron chi connectivity index (χ0n) is 67.2. The number of methoxy groups -OCH3 is 6. The third-order valence-electron chi connectivity index (χ3n) is 19.2. The first-order valence-electron chi connectivity index (χ1n) is 37.5. The van der Waals surface area contributed by atoms with E-state index in [-0.39, 0.29) is 27.9 Å². The lowest BCUT2D eigenvalue weighted by Crippen LogP contribution is -2.38. The first-order valence-corrected chi connectivity index (χ1v) is 37.5. The topological polar surface area (TPSA) is 290 Å². The second-order valence-corrected chi connectivity index (χ2v) is 29.0. The predicted molar refractivity (Wildman–Crippen MR) is 456 cm³/mol. The number of rotatable bonds is 22. The van der Waals surface area contributed by atoms with Crippen molar-refractivity contribution in [3.63, 3.8) is 0 Å². The molecule has 6 aromatic carbocycles. The van der Waals surface area contributed by atoms with Crippen LogP contribution in [0, 0.1) is 23.7 Å². The van der Waals surface area contributed by atoms with E-state index >= 15 is 0 Å². The largest absolute Gasteiger partial charge is 0.497 e. The van der Waals surface area contributed by atoms with E-state index in [1.165, 1.54) is 4.90 Å². The normalized spacial score (nSPS) is 14.8. The molecule has 0 spiro atoms. The van der Waals surface area contributed by atoms with Crippen molar-refractivity contribution in [2.45, 2.75) is 98.5 Å². The summed E-state index contributed by atoms with van der Waals surface area (Å²) in [6, 6.07) is 35.5. The second-order valence-electron chi connectivity index (χ2n) is 29.0. The third-order valence-corrected chi connectivity index (χ3v) is 19.2. The number of hydrogen-bond donors (Lipinski definition) is 4. The number of β-amino-alcohol motifs (C(OH)–C–C–N with tert-alkyl or cyclic N) is 2. The van der Waals surface area contributed by atoms with Crippen LogP contribution in [0.15, 0.2) is 159 Å². The van der Waals surface area contributed by atoms with Crippen molar-refractivity contribution in [2.75, 3.05) is 110 Å². The number of hydrogen-bond acceptors (Lipinski definition) is 24. The number of aromatic nitrogens is 12. The molecule has 4 N–H and O–H groups in total. The Hall–Kier alpha value is -12.6. The standard InChI is InChI=1S/C32H36N6O5.C27H28N6O3.C27H34N6O2.2CH4/c1-31(2,3)43-30(39)37-13-11-32(40,21-37)10-7-12-38(24-14-25(41-5)17-26(15-24)42-6)23-8-9-27-28(16-23)35-29(19-33-27)22-18-34-36(4)20-22;1-32-17-19(15-30-32)26-16-29-24-6-5-20(13-25(24)31-26)33(10-4-7-27(34)8-9-28-18-27)21-11-22(35-2)14-23(12-21)36-3;1-7-27-23(16-30-32(27)4)26-17-29-24-9-8-19(14-25(24)31-26)33(11-10-28-18(2)3)20-12-21(34-5)15-22(13-20)35-6;;/h8-9,14-20,40H,11-13,21H2,1-6H3;5-6,11-17,28,34H,8-10,18H2,1-3H3;8-9,12-18,28H,7,10-11H2,1-6H3;2*1H4. The highest BCUT2D eigenvalue weighted by atomic mass is 16.6. The molecule has 2 fully saturated rings. The zero-order chi connectivity index (χ0) is 80.8. The van der Waals surface area contributed by atoms with Gasteiger partial charge in [-0.05, 0) is 88.3 Å². The summed E-state index contributed by atoms with van der Waals surface area (Å²) in [6.45, 7) is 15.7. The van der Waals surface area contributed by atoms with E-state index in [9.17, 15) is 15.0 Å². The molecule has 0 aliphatic carbocycles. The molecule has 2 atom stereocenters. The summed E-state index contributed by atoms with van der Waals surface area (Å²) in [6.07, 6.45) is 15.9. The van der Waals surface area contributed by atoms with Gasteiger partial charge in [0.1, 0.15) is 51.3 Å². The molecule has 2 unspecified atom stereocenters. The second kappa shape index (κ2) is 38.0. The number of carbonyl (C=O) groups excluding carboxylic acids is 1. The number of amides is 1. The Morgan fingerprint density at radius 2 is 0.966 bits per heavy atom. The fourth-order valence-electron chi connectivity index (χ4n) is 13.2. The Labute approximate surface area is 678 Å². The van der Waals surface area contributed by atoms with Crippen LogP contribution >= 0.6 is 0 Å². The number of carbonyl (C=O) groups is 1. The van der Waals surface area contributed by atoms with Crippen LogP contribution in [0.25, 0.3) is 66.9 Å². The molecule has 14 rings (SSSR count). The molecule has 0 saturated carbocycles. The minimum absolute atomic E-state index is 0. The van der Waals surface area contributed by atoms with Crippen molar-refractivity contribution in [1.82, 2.24) is 74.8 Å². The summed E-state index contributed by atoms with van der Waals surface area (Å²) in [5.41, 5.74) is 13.2. The number of anilines is 6. The maximum atomic E-state index is 12.5. The molecule has 116 heavy (non-hydrogen) atoms. The summed E-state index contributed by atoms with van der Waals surface area (Å²) in [7, 11) is 15.5. The van der Waals surface area contributed by atoms with Gasteiger partial charge < -0.3 is 73.6 Å². The van der Waals surface area contributed by atoms with Crippen molar-refractivity contribution in [2.24, 2.45) is 21.1 Å². The maximum Gasteiger partial charge on any atom is 0.410 e. The first kappa shape index (κ1) is 85.8. The number of aryl methyl sites for hydroxylation is 3. The van der Waals surface area contributed by atoms with Crippen LogP contribution in [0.3, 0.4) is 0 Å². The lowest BCUT2D eigenvalue weighted by Gasteiger charge is -2.27. The van der Waals surface area contributed by atoms with Crippen LogP contribution in [-0.2, 0) is 32.3 Å². The lowest BCUT2D eigenvalue weighted by atomic mass is 10.0. The molecule has 6 aromatic heterocycles. The Morgan fingerprint density at radius 1 is 0.543 bits per heavy atom. The predicted octanol–water partition coefficient (Wildman–Crippen LogP) is 13.5. The molecule has 28 heteroatoms. The van der Waals surface area contributed by atoms with Gasteiger partial charge in [0.15, 0.2) is 0 Å². The van der Waals surface area contributed by atoms with Crippen LogP contribution in [0.4, 0.5) is 38.9 Å². The van der Waals surface area contributed by atoms with Gasteiger partial charge in [-0.25, -0.2) is 19.7 Å². The number of aliphatic hydroxyl groups is 2. The van der Waals surface area contributed by atoms with Gasteiger partial charge in [0.25, 0.3) is 0 Å². The summed E-state index contributed by atoms with van der Waals surface area (Å²) in [4.78, 5) is 48.9. The molecule has 28 nitrogen and oxygen atoms in total. The monoisotopic (exact) mass is 1570 g/mol. The fourth-order valence-corrected chi connectivity index (χ4v) is 13.2. The van der Waals surface area contributed by atoms with Crippen LogP contribution in [0.1, 0.15) is 74.9 Å². The molecule has 2 saturated heterocycles. The summed E-state index contributed by atoms with van der Waals surface area (Å²) < 4.78 is 44.0. The molecule has 8 heterocycles. The summed E-state index contributed by atoms with van der Waals surface area (Å²) in [5, 5.41) is 41.5. The van der Waals surface area contributed by atoms with Gasteiger partial charge in [0.2, 0.25) is 0 Å². The number of likely N-dealkylation sites (tertiary alicyclic amines) is 1.